The minimum atomic E-state index is 0.337. The molecule has 0 unspecified atom stereocenters. The molecule has 0 saturated carbocycles. The van der Waals surface area contributed by atoms with Crippen molar-refractivity contribution in [3.8, 4) is 0 Å². The number of ether oxygens (including phenoxy) is 1. The van der Waals surface area contributed by atoms with E-state index in [4.69, 9.17) is 9.15 Å². The van der Waals surface area contributed by atoms with Crippen molar-refractivity contribution >= 4 is 0 Å². The summed E-state index contributed by atoms with van der Waals surface area (Å²) in [5, 5.41) is 0. The normalized spacial score (nSPS) is 24.3. The summed E-state index contributed by atoms with van der Waals surface area (Å²) in [4.78, 5) is 0. The molecule has 0 bridgehead atoms. The molecule has 2 heterocycles. The highest BCUT2D eigenvalue weighted by Crippen LogP contribution is 2.32. The highest BCUT2D eigenvalue weighted by Gasteiger charge is 2.27. The zero-order valence-corrected chi connectivity index (χ0v) is 5.26. The van der Waals surface area contributed by atoms with Crippen LogP contribution < -0.4 is 0 Å². The summed E-state index contributed by atoms with van der Waals surface area (Å²) in [5.41, 5.74) is 1.20. The van der Waals surface area contributed by atoms with Crippen molar-refractivity contribution in [2.24, 2.45) is 0 Å². The minimum absolute atomic E-state index is 0.337. The van der Waals surface area contributed by atoms with Crippen LogP contribution in [0.3, 0.4) is 0 Å². The Hall–Kier alpha value is -0.760. The molecule has 48 valence electrons. The third kappa shape index (κ3) is 0.754. The van der Waals surface area contributed by atoms with Gasteiger partial charge in [-0.2, -0.15) is 0 Å². The average Bonchev–Trinajstić information content (AvgIpc) is 2.58. The SMILES string of the molecule is Cc1occc1[C@H]1CO1. The smallest absolute Gasteiger partial charge is 0.109 e. The second-order valence-electron chi connectivity index (χ2n) is 2.25. The Bertz CT molecular complexity index is 210. The number of aryl methyl sites for hydroxylation is 1. The lowest BCUT2D eigenvalue weighted by Gasteiger charge is -1.86. The van der Waals surface area contributed by atoms with Crippen LogP contribution in [0.4, 0.5) is 0 Å². The molecular weight excluding hydrogens is 116 g/mol. The first-order valence-corrected chi connectivity index (χ1v) is 3.03. The molecular formula is C7H8O2. The molecule has 9 heavy (non-hydrogen) atoms. The van der Waals surface area contributed by atoms with Gasteiger partial charge in [-0.05, 0) is 13.0 Å². The fraction of sp³-hybridized carbons (Fsp3) is 0.429. The van der Waals surface area contributed by atoms with Gasteiger partial charge in [0.05, 0.1) is 12.9 Å². The van der Waals surface area contributed by atoms with E-state index in [1.54, 1.807) is 6.26 Å². The maximum atomic E-state index is 5.09. The average molecular weight is 124 g/mol. The first-order chi connectivity index (χ1) is 4.38. The minimum Gasteiger partial charge on any atom is -0.469 e. The molecule has 1 aromatic rings. The molecule has 2 heteroatoms. The van der Waals surface area contributed by atoms with Gasteiger partial charge in [-0.3, -0.25) is 0 Å². The Balaban J connectivity index is 2.35. The van der Waals surface area contributed by atoms with E-state index in [0.29, 0.717) is 6.10 Å². The van der Waals surface area contributed by atoms with Gasteiger partial charge in [0.2, 0.25) is 0 Å². The van der Waals surface area contributed by atoms with Gasteiger partial charge in [0.15, 0.2) is 0 Å². The van der Waals surface area contributed by atoms with Crippen molar-refractivity contribution in [3.05, 3.63) is 23.7 Å². The van der Waals surface area contributed by atoms with Crippen LogP contribution >= 0.6 is 0 Å². The molecule has 0 spiro atoms. The lowest BCUT2D eigenvalue weighted by molar-refractivity contribution is 0.411. The van der Waals surface area contributed by atoms with Crippen LogP contribution in [-0.4, -0.2) is 6.61 Å². The van der Waals surface area contributed by atoms with Crippen LogP contribution in [0.1, 0.15) is 17.4 Å². The predicted octanol–water partition coefficient (Wildman–Crippen LogP) is 1.66. The van der Waals surface area contributed by atoms with Gasteiger partial charge in [0, 0.05) is 5.56 Å². The molecule has 0 radical (unpaired) electrons. The highest BCUT2D eigenvalue weighted by molar-refractivity contribution is 5.21. The fourth-order valence-corrected chi connectivity index (χ4v) is 0.956. The van der Waals surface area contributed by atoms with Gasteiger partial charge < -0.3 is 9.15 Å². The third-order valence-corrected chi connectivity index (χ3v) is 1.58. The van der Waals surface area contributed by atoms with Gasteiger partial charge in [-0.15, -0.1) is 0 Å². The standard InChI is InChI=1S/C7H8O2/c1-5-6(2-3-8-5)7-4-9-7/h2-3,7H,4H2,1H3/t7-/m1/s1. The molecule has 1 aromatic heterocycles. The summed E-state index contributed by atoms with van der Waals surface area (Å²) >= 11 is 0. The van der Waals surface area contributed by atoms with Crippen LogP contribution in [0.15, 0.2) is 16.7 Å². The number of hydrogen-bond donors (Lipinski definition) is 0. The van der Waals surface area contributed by atoms with E-state index < -0.39 is 0 Å². The Morgan fingerprint density at radius 2 is 2.44 bits per heavy atom. The van der Waals surface area contributed by atoms with E-state index in [-0.39, 0.29) is 0 Å². The molecule has 1 atom stereocenters. The molecule has 0 aromatic carbocycles. The number of hydrogen-bond acceptors (Lipinski definition) is 2. The van der Waals surface area contributed by atoms with Gasteiger partial charge in [-0.1, -0.05) is 0 Å². The maximum absolute atomic E-state index is 5.09. The van der Waals surface area contributed by atoms with Gasteiger partial charge in [0.1, 0.15) is 11.9 Å². The number of furan rings is 1. The summed E-state index contributed by atoms with van der Waals surface area (Å²) in [6.07, 6.45) is 2.04. The van der Waals surface area contributed by atoms with Crippen molar-refractivity contribution in [1.29, 1.82) is 0 Å². The molecule has 0 amide bonds. The van der Waals surface area contributed by atoms with E-state index in [1.807, 2.05) is 13.0 Å². The van der Waals surface area contributed by atoms with Gasteiger partial charge in [0.25, 0.3) is 0 Å². The lowest BCUT2D eigenvalue weighted by atomic mass is 10.2. The highest BCUT2D eigenvalue weighted by atomic mass is 16.6. The molecule has 1 aliphatic rings. The van der Waals surface area contributed by atoms with Gasteiger partial charge >= 0.3 is 0 Å². The summed E-state index contributed by atoms with van der Waals surface area (Å²) in [5.74, 6) is 0.984. The number of rotatable bonds is 1. The van der Waals surface area contributed by atoms with Crippen molar-refractivity contribution in [3.63, 3.8) is 0 Å². The van der Waals surface area contributed by atoms with E-state index in [1.165, 1.54) is 5.56 Å². The van der Waals surface area contributed by atoms with Crippen LogP contribution in [0.25, 0.3) is 0 Å². The summed E-state index contributed by atoms with van der Waals surface area (Å²) in [6, 6.07) is 1.97. The molecule has 1 fully saturated rings. The zero-order valence-electron chi connectivity index (χ0n) is 5.26. The summed E-state index contributed by atoms with van der Waals surface area (Å²) in [7, 11) is 0. The Labute approximate surface area is 53.4 Å². The second-order valence-corrected chi connectivity index (χ2v) is 2.25. The van der Waals surface area contributed by atoms with E-state index in [0.717, 1.165) is 12.4 Å². The third-order valence-electron chi connectivity index (χ3n) is 1.58. The molecule has 1 saturated heterocycles. The second kappa shape index (κ2) is 1.61. The van der Waals surface area contributed by atoms with Crippen molar-refractivity contribution in [1.82, 2.24) is 0 Å². The molecule has 0 aliphatic carbocycles. The first-order valence-electron chi connectivity index (χ1n) is 3.03. The van der Waals surface area contributed by atoms with Crippen LogP contribution in [0, 0.1) is 6.92 Å². The first kappa shape index (κ1) is 5.06. The van der Waals surface area contributed by atoms with Crippen LogP contribution in [0.5, 0.6) is 0 Å². The Morgan fingerprint density at radius 1 is 1.67 bits per heavy atom. The van der Waals surface area contributed by atoms with Crippen LogP contribution in [-0.2, 0) is 4.74 Å². The van der Waals surface area contributed by atoms with Crippen LogP contribution in [0.2, 0.25) is 0 Å². The van der Waals surface area contributed by atoms with E-state index >= 15 is 0 Å². The van der Waals surface area contributed by atoms with E-state index in [9.17, 15) is 0 Å². The molecule has 0 N–H and O–H groups in total. The molecule has 2 nitrogen and oxygen atoms in total. The zero-order chi connectivity index (χ0) is 6.27. The maximum Gasteiger partial charge on any atom is 0.109 e. The number of epoxide rings is 1. The lowest BCUT2D eigenvalue weighted by Crippen LogP contribution is -1.76. The summed E-state index contributed by atoms with van der Waals surface area (Å²) in [6.45, 7) is 2.82. The molecule has 1 aliphatic heterocycles. The Kier molecular flexibility index (Phi) is 0.904. The van der Waals surface area contributed by atoms with E-state index in [2.05, 4.69) is 0 Å². The van der Waals surface area contributed by atoms with Crippen molar-refractivity contribution < 1.29 is 9.15 Å². The monoisotopic (exact) mass is 124 g/mol. The molecule has 2 rings (SSSR count). The summed E-state index contributed by atoms with van der Waals surface area (Å²) < 4.78 is 10.2. The largest absolute Gasteiger partial charge is 0.469 e. The quantitative estimate of drug-likeness (QED) is 0.532. The topological polar surface area (TPSA) is 25.7 Å². The van der Waals surface area contributed by atoms with Gasteiger partial charge in [-0.25, -0.2) is 0 Å². The van der Waals surface area contributed by atoms with Crippen molar-refractivity contribution in [2.45, 2.75) is 13.0 Å². The van der Waals surface area contributed by atoms with Crippen molar-refractivity contribution in [2.75, 3.05) is 6.61 Å². The Morgan fingerprint density at radius 3 is 2.89 bits per heavy atom. The predicted molar refractivity (Wildman–Crippen MR) is 32.1 cm³/mol. The fourth-order valence-electron chi connectivity index (χ4n) is 0.956.